The predicted octanol–water partition coefficient (Wildman–Crippen LogP) is 3.89. The van der Waals surface area contributed by atoms with Gasteiger partial charge in [0.15, 0.2) is 5.65 Å². The molecule has 1 atom stereocenters. The first-order valence-corrected chi connectivity index (χ1v) is 11.4. The number of aromatic nitrogens is 3. The first-order chi connectivity index (χ1) is 16.3. The van der Waals surface area contributed by atoms with Crippen molar-refractivity contribution in [3.8, 4) is 0 Å². The molecule has 5 rings (SSSR count). The summed E-state index contributed by atoms with van der Waals surface area (Å²) in [6, 6.07) is 9.59. The zero-order valence-corrected chi connectivity index (χ0v) is 18.5. The Hall–Kier alpha value is -3.43. The molecule has 0 saturated carbocycles. The standard InChI is InChI=1S/C24H24F3N5O2/c25-24(26,27)19-8-9-20-28-29-22(32(20)15-19)18-6-2-11-31(14-18)23(34)17-5-1-4-16(12-17)13-30-10-3-7-21(30)33/h1,4-5,8-9,12,15,18H,2-3,6-7,10-11,13-14H2. The molecule has 0 spiro atoms. The summed E-state index contributed by atoms with van der Waals surface area (Å²) >= 11 is 0. The van der Waals surface area contributed by atoms with E-state index in [9.17, 15) is 22.8 Å². The number of hydrogen-bond donors (Lipinski definition) is 0. The van der Waals surface area contributed by atoms with Crippen LogP contribution in [-0.4, -0.2) is 55.8 Å². The van der Waals surface area contributed by atoms with Crippen molar-refractivity contribution in [1.29, 1.82) is 0 Å². The van der Waals surface area contributed by atoms with E-state index < -0.39 is 11.7 Å². The van der Waals surface area contributed by atoms with Gasteiger partial charge in [-0.15, -0.1) is 10.2 Å². The summed E-state index contributed by atoms with van der Waals surface area (Å²) in [6.07, 6.45) is -0.600. The number of pyridine rings is 1. The molecule has 10 heteroatoms. The van der Waals surface area contributed by atoms with Gasteiger partial charge in [-0.25, -0.2) is 0 Å². The SMILES string of the molecule is O=C1CCCN1Cc1cccc(C(=O)N2CCCC(c3nnc4ccc(C(F)(F)F)cn34)C2)c1. The number of benzene rings is 1. The fourth-order valence-corrected chi connectivity index (χ4v) is 4.80. The summed E-state index contributed by atoms with van der Waals surface area (Å²) in [6.45, 7) is 2.13. The largest absolute Gasteiger partial charge is 0.417 e. The van der Waals surface area contributed by atoms with Gasteiger partial charge in [0, 0.05) is 50.3 Å². The molecular weight excluding hydrogens is 447 g/mol. The summed E-state index contributed by atoms with van der Waals surface area (Å²) < 4.78 is 41.0. The van der Waals surface area contributed by atoms with Crippen molar-refractivity contribution < 1.29 is 22.8 Å². The Kier molecular flexibility index (Phi) is 5.75. The molecular formula is C24H24F3N5O2. The van der Waals surface area contributed by atoms with Gasteiger partial charge in [-0.1, -0.05) is 12.1 Å². The van der Waals surface area contributed by atoms with E-state index in [1.807, 2.05) is 18.2 Å². The number of carbonyl (C=O) groups is 2. The molecule has 3 aromatic rings. The molecule has 1 aromatic carbocycles. The van der Waals surface area contributed by atoms with Crippen molar-refractivity contribution in [2.75, 3.05) is 19.6 Å². The van der Waals surface area contributed by atoms with Crippen LogP contribution in [0.25, 0.3) is 5.65 Å². The molecule has 0 radical (unpaired) electrons. The molecule has 7 nitrogen and oxygen atoms in total. The number of fused-ring (bicyclic) bond motifs is 1. The molecule has 2 aliphatic rings. The van der Waals surface area contributed by atoms with Crippen LogP contribution in [0.4, 0.5) is 13.2 Å². The van der Waals surface area contributed by atoms with Crippen molar-refractivity contribution in [2.24, 2.45) is 0 Å². The van der Waals surface area contributed by atoms with Gasteiger partial charge < -0.3 is 9.80 Å². The van der Waals surface area contributed by atoms with Crippen molar-refractivity contribution >= 4 is 17.5 Å². The van der Waals surface area contributed by atoms with Gasteiger partial charge in [0.2, 0.25) is 5.91 Å². The Balaban J connectivity index is 1.34. The molecule has 1 unspecified atom stereocenters. The maximum absolute atomic E-state index is 13.3. The first-order valence-electron chi connectivity index (χ1n) is 11.4. The second-order valence-corrected chi connectivity index (χ2v) is 8.91. The summed E-state index contributed by atoms with van der Waals surface area (Å²) in [4.78, 5) is 28.7. The second kappa shape index (κ2) is 8.73. The third-order valence-electron chi connectivity index (χ3n) is 6.55. The van der Waals surface area contributed by atoms with E-state index in [4.69, 9.17) is 0 Å². The molecule has 2 fully saturated rings. The van der Waals surface area contributed by atoms with Gasteiger partial charge in [0.1, 0.15) is 5.82 Å². The maximum atomic E-state index is 13.3. The highest BCUT2D eigenvalue weighted by Gasteiger charge is 2.33. The minimum absolute atomic E-state index is 0.129. The van der Waals surface area contributed by atoms with Gasteiger partial charge >= 0.3 is 6.18 Å². The number of nitrogens with zero attached hydrogens (tertiary/aromatic N) is 5. The number of likely N-dealkylation sites (tertiary alicyclic amines) is 2. The van der Waals surface area contributed by atoms with Crippen LogP contribution in [0, 0.1) is 0 Å². The van der Waals surface area contributed by atoms with Crippen LogP contribution < -0.4 is 0 Å². The first kappa shape index (κ1) is 22.4. The Morgan fingerprint density at radius 1 is 1.09 bits per heavy atom. The van der Waals surface area contributed by atoms with E-state index in [2.05, 4.69) is 10.2 Å². The lowest BCUT2D eigenvalue weighted by Crippen LogP contribution is -2.39. The maximum Gasteiger partial charge on any atom is 0.417 e. The molecule has 2 aliphatic heterocycles. The van der Waals surface area contributed by atoms with E-state index in [0.717, 1.165) is 30.8 Å². The Morgan fingerprint density at radius 2 is 1.94 bits per heavy atom. The third kappa shape index (κ3) is 4.36. The van der Waals surface area contributed by atoms with E-state index in [0.29, 0.717) is 55.9 Å². The molecule has 178 valence electrons. The minimum Gasteiger partial charge on any atom is -0.338 e. The highest BCUT2D eigenvalue weighted by atomic mass is 19.4. The van der Waals surface area contributed by atoms with Crippen LogP contribution in [0.5, 0.6) is 0 Å². The molecule has 0 bridgehead atoms. The number of halogens is 3. The van der Waals surface area contributed by atoms with Crippen molar-refractivity contribution in [1.82, 2.24) is 24.4 Å². The molecule has 2 amide bonds. The molecule has 4 heterocycles. The Morgan fingerprint density at radius 3 is 2.71 bits per heavy atom. The number of alkyl halides is 3. The lowest BCUT2D eigenvalue weighted by molar-refractivity contribution is -0.137. The number of carbonyl (C=O) groups excluding carboxylic acids is 2. The lowest BCUT2D eigenvalue weighted by Gasteiger charge is -2.32. The van der Waals surface area contributed by atoms with Crippen molar-refractivity contribution in [3.05, 3.63) is 65.1 Å². The number of rotatable bonds is 4. The van der Waals surface area contributed by atoms with Crippen LogP contribution in [0.2, 0.25) is 0 Å². The Bertz CT molecular complexity index is 1240. The van der Waals surface area contributed by atoms with Crippen LogP contribution in [0.1, 0.15) is 58.9 Å². The quantitative estimate of drug-likeness (QED) is 0.579. The fraction of sp³-hybridized carbons (Fsp3) is 0.417. The minimum atomic E-state index is -4.46. The predicted molar refractivity (Wildman–Crippen MR) is 117 cm³/mol. The number of hydrogen-bond acceptors (Lipinski definition) is 4. The smallest absolute Gasteiger partial charge is 0.338 e. The van der Waals surface area contributed by atoms with Gasteiger partial charge in [0.25, 0.3) is 5.91 Å². The highest BCUT2D eigenvalue weighted by Crippen LogP contribution is 2.31. The van der Waals surface area contributed by atoms with Gasteiger partial charge in [0.05, 0.1) is 5.56 Å². The summed E-state index contributed by atoms with van der Waals surface area (Å²) in [5, 5.41) is 8.18. The second-order valence-electron chi connectivity index (χ2n) is 8.91. The third-order valence-corrected chi connectivity index (χ3v) is 6.55. The molecule has 0 N–H and O–H groups in total. The highest BCUT2D eigenvalue weighted by molar-refractivity contribution is 5.94. The van der Waals surface area contributed by atoms with Gasteiger partial charge in [-0.2, -0.15) is 13.2 Å². The van der Waals surface area contributed by atoms with E-state index >= 15 is 0 Å². The van der Waals surface area contributed by atoms with E-state index in [1.54, 1.807) is 15.9 Å². The van der Waals surface area contributed by atoms with E-state index in [1.165, 1.54) is 10.5 Å². The van der Waals surface area contributed by atoms with Crippen LogP contribution in [-0.2, 0) is 17.5 Å². The van der Waals surface area contributed by atoms with Crippen molar-refractivity contribution in [3.63, 3.8) is 0 Å². The zero-order chi connectivity index (χ0) is 23.9. The lowest BCUT2D eigenvalue weighted by atomic mass is 9.96. The fourth-order valence-electron chi connectivity index (χ4n) is 4.80. The monoisotopic (exact) mass is 471 g/mol. The molecule has 34 heavy (non-hydrogen) atoms. The van der Waals surface area contributed by atoms with Gasteiger partial charge in [-0.05, 0) is 49.1 Å². The normalized spacial score (nSPS) is 19.3. The van der Waals surface area contributed by atoms with Gasteiger partial charge in [-0.3, -0.25) is 14.0 Å². The van der Waals surface area contributed by atoms with Crippen molar-refractivity contribution in [2.45, 2.75) is 44.3 Å². The summed E-state index contributed by atoms with van der Waals surface area (Å²) in [5.74, 6) is 0.204. The molecule has 0 aliphatic carbocycles. The molecule has 2 aromatic heterocycles. The zero-order valence-electron chi connectivity index (χ0n) is 18.5. The average molecular weight is 471 g/mol. The number of piperidine rings is 1. The Labute approximate surface area is 194 Å². The number of amides is 2. The topological polar surface area (TPSA) is 70.8 Å². The summed E-state index contributed by atoms with van der Waals surface area (Å²) in [7, 11) is 0. The van der Waals surface area contributed by atoms with E-state index in [-0.39, 0.29) is 17.7 Å². The van der Waals surface area contributed by atoms with Crippen LogP contribution in [0.3, 0.4) is 0 Å². The molecule has 2 saturated heterocycles. The van der Waals surface area contributed by atoms with Crippen LogP contribution in [0.15, 0.2) is 42.6 Å². The average Bonchev–Trinajstić information content (AvgIpc) is 3.44. The van der Waals surface area contributed by atoms with Crippen LogP contribution >= 0.6 is 0 Å². The summed E-state index contributed by atoms with van der Waals surface area (Å²) in [5.41, 5.74) is 1.02.